The lowest BCUT2D eigenvalue weighted by atomic mass is 10.1. The van der Waals surface area contributed by atoms with E-state index in [2.05, 4.69) is 36.3 Å². The van der Waals surface area contributed by atoms with Crippen LogP contribution in [-0.4, -0.2) is 16.1 Å². The number of hydrogen-bond acceptors (Lipinski definition) is 3. The number of aromatic nitrogens is 2. The molecule has 0 atom stereocenters. The van der Waals surface area contributed by atoms with Gasteiger partial charge in [0, 0.05) is 25.4 Å². The minimum atomic E-state index is 0.696. The number of aryl methyl sites for hydroxylation is 1. The van der Waals surface area contributed by atoms with Crippen LogP contribution >= 0.6 is 0 Å². The SMILES string of the molecule is CCCNCc1ccc(-n2ccnc2CCC)c(C#N)c1. The molecule has 0 saturated heterocycles. The monoisotopic (exact) mass is 282 g/mol. The average Bonchev–Trinajstić information content (AvgIpc) is 2.96. The molecular formula is C17H22N4. The second-order valence-corrected chi connectivity index (χ2v) is 5.10. The molecule has 4 heteroatoms. The highest BCUT2D eigenvalue weighted by atomic mass is 15.1. The molecule has 4 nitrogen and oxygen atoms in total. The summed E-state index contributed by atoms with van der Waals surface area (Å²) in [5.41, 5.74) is 2.75. The van der Waals surface area contributed by atoms with Gasteiger partial charge in [0.1, 0.15) is 11.9 Å². The molecule has 1 aromatic carbocycles. The molecule has 0 saturated carbocycles. The molecule has 1 aromatic heterocycles. The maximum Gasteiger partial charge on any atom is 0.113 e. The van der Waals surface area contributed by atoms with Crippen molar-refractivity contribution in [3.05, 3.63) is 47.5 Å². The summed E-state index contributed by atoms with van der Waals surface area (Å²) < 4.78 is 2.02. The van der Waals surface area contributed by atoms with Crippen molar-refractivity contribution >= 4 is 0 Å². The minimum absolute atomic E-state index is 0.696. The highest BCUT2D eigenvalue weighted by molar-refractivity contribution is 5.51. The quantitative estimate of drug-likeness (QED) is 0.793. The zero-order chi connectivity index (χ0) is 15.1. The van der Waals surface area contributed by atoms with Crippen LogP contribution in [0.15, 0.2) is 30.6 Å². The van der Waals surface area contributed by atoms with Gasteiger partial charge in [0.05, 0.1) is 11.3 Å². The van der Waals surface area contributed by atoms with Crippen LogP contribution < -0.4 is 5.32 Å². The number of rotatable bonds is 7. The van der Waals surface area contributed by atoms with Gasteiger partial charge in [0.25, 0.3) is 0 Å². The van der Waals surface area contributed by atoms with Crippen molar-refractivity contribution in [1.29, 1.82) is 5.26 Å². The van der Waals surface area contributed by atoms with E-state index < -0.39 is 0 Å². The molecule has 0 aliphatic rings. The molecule has 0 unspecified atom stereocenters. The zero-order valence-corrected chi connectivity index (χ0v) is 12.8. The van der Waals surface area contributed by atoms with Gasteiger partial charge in [-0.3, -0.25) is 0 Å². The highest BCUT2D eigenvalue weighted by Gasteiger charge is 2.09. The van der Waals surface area contributed by atoms with Gasteiger partial charge >= 0.3 is 0 Å². The Morgan fingerprint density at radius 1 is 1.29 bits per heavy atom. The molecule has 0 radical (unpaired) electrons. The normalized spacial score (nSPS) is 10.5. The van der Waals surface area contributed by atoms with E-state index in [1.807, 2.05) is 22.9 Å². The molecule has 0 bridgehead atoms. The van der Waals surface area contributed by atoms with Crippen molar-refractivity contribution in [1.82, 2.24) is 14.9 Å². The van der Waals surface area contributed by atoms with Crippen LogP contribution in [0.1, 0.15) is 43.6 Å². The van der Waals surface area contributed by atoms with Crippen molar-refractivity contribution in [2.75, 3.05) is 6.54 Å². The van der Waals surface area contributed by atoms with E-state index in [4.69, 9.17) is 0 Å². The maximum atomic E-state index is 9.43. The number of nitrogens with one attached hydrogen (secondary N) is 1. The van der Waals surface area contributed by atoms with Gasteiger partial charge in [0.2, 0.25) is 0 Å². The summed E-state index contributed by atoms with van der Waals surface area (Å²) >= 11 is 0. The molecule has 0 aliphatic carbocycles. The molecule has 0 amide bonds. The fraction of sp³-hybridized carbons (Fsp3) is 0.412. The van der Waals surface area contributed by atoms with E-state index in [1.54, 1.807) is 6.20 Å². The smallest absolute Gasteiger partial charge is 0.113 e. The summed E-state index contributed by atoms with van der Waals surface area (Å²) in [6, 6.07) is 8.37. The molecule has 0 spiro atoms. The van der Waals surface area contributed by atoms with E-state index in [9.17, 15) is 5.26 Å². The first-order valence-corrected chi connectivity index (χ1v) is 7.56. The van der Waals surface area contributed by atoms with E-state index in [0.29, 0.717) is 5.56 Å². The highest BCUT2D eigenvalue weighted by Crippen LogP contribution is 2.18. The molecule has 110 valence electrons. The standard InChI is InChI=1S/C17H22N4/c1-3-5-17-20-9-10-21(17)16-7-6-14(11-15(16)12-18)13-19-8-4-2/h6-7,9-11,19H,3-5,8,13H2,1-2H3. The second kappa shape index (κ2) is 7.61. The Kier molecular flexibility index (Phi) is 5.53. The molecule has 1 heterocycles. The summed E-state index contributed by atoms with van der Waals surface area (Å²) in [4.78, 5) is 4.38. The van der Waals surface area contributed by atoms with E-state index in [-0.39, 0.29) is 0 Å². The Bertz CT molecular complexity index is 622. The summed E-state index contributed by atoms with van der Waals surface area (Å²) in [5, 5.41) is 12.8. The van der Waals surface area contributed by atoms with E-state index >= 15 is 0 Å². The third-order valence-corrected chi connectivity index (χ3v) is 3.39. The first-order chi connectivity index (χ1) is 10.3. The van der Waals surface area contributed by atoms with Gasteiger partial charge < -0.3 is 9.88 Å². The van der Waals surface area contributed by atoms with Crippen LogP contribution in [0.2, 0.25) is 0 Å². The van der Waals surface area contributed by atoms with Gasteiger partial charge in [-0.25, -0.2) is 4.98 Å². The summed E-state index contributed by atoms with van der Waals surface area (Å²) in [7, 11) is 0. The Hall–Kier alpha value is -2.12. The molecule has 0 aliphatic heterocycles. The van der Waals surface area contributed by atoms with Crippen molar-refractivity contribution in [3.8, 4) is 11.8 Å². The Labute approximate surface area is 126 Å². The van der Waals surface area contributed by atoms with E-state index in [0.717, 1.165) is 49.4 Å². The van der Waals surface area contributed by atoms with Gasteiger partial charge in [-0.15, -0.1) is 0 Å². The lowest BCUT2D eigenvalue weighted by Gasteiger charge is -2.11. The number of nitriles is 1. The van der Waals surface area contributed by atoms with Gasteiger partial charge in [-0.05, 0) is 37.1 Å². The third kappa shape index (κ3) is 3.71. The molecule has 2 aromatic rings. The first-order valence-electron chi connectivity index (χ1n) is 7.56. The van der Waals surface area contributed by atoms with Crippen molar-refractivity contribution in [2.24, 2.45) is 0 Å². The molecular weight excluding hydrogens is 260 g/mol. The lowest BCUT2D eigenvalue weighted by Crippen LogP contribution is -2.14. The van der Waals surface area contributed by atoms with Crippen LogP contribution in [0.4, 0.5) is 0 Å². The largest absolute Gasteiger partial charge is 0.313 e. The van der Waals surface area contributed by atoms with Gasteiger partial charge in [-0.1, -0.05) is 19.9 Å². The summed E-state index contributed by atoms with van der Waals surface area (Å²) in [6.07, 6.45) is 6.78. The van der Waals surface area contributed by atoms with Crippen molar-refractivity contribution in [3.63, 3.8) is 0 Å². The fourth-order valence-electron chi connectivity index (χ4n) is 2.36. The van der Waals surface area contributed by atoms with Crippen LogP contribution in [-0.2, 0) is 13.0 Å². The molecule has 21 heavy (non-hydrogen) atoms. The number of benzene rings is 1. The Morgan fingerprint density at radius 3 is 2.86 bits per heavy atom. The third-order valence-electron chi connectivity index (χ3n) is 3.39. The van der Waals surface area contributed by atoms with E-state index in [1.165, 1.54) is 0 Å². The molecule has 2 rings (SSSR count). The topological polar surface area (TPSA) is 53.6 Å². The Balaban J connectivity index is 2.28. The average molecular weight is 282 g/mol. The predicted molar refractivity (Wildman–Crippen MR) is 84.3 cm³/mol. The number of nitrogens with zero attached hydrogens (tertiary/aromatic N) is 3. The Morgan fingerprint density at radius 2 is 2.14 bits per heavy atom. The van der Waals surface area contributed by atoms with Gasteiger partial charge in [-0.2, -0.15) is 5.26 Å². The van der Waals surface area contributed by atoms with Crippen molar-refractivity contribution in [2.45, 2.75) is 39.7 Å². The number of imidazole rings is 1. The van der Waals surface area contributed by atoms with Crippen LogP contribution in [0.25, 0.3) is 5.69 Å². The molecule has 0 fully saturated rings. The second-order valence-electron chi connectivity index (χ2n) is 5.10. The summed E-state index contributed by atoms with van der Waals surface area (Å²) in [6.45, 7) is 6.07. The predicted octanol–water partition coefficient (Wildman–Crippen LogP) is 3.20. The minimum Gasteiger partial charge on any atom is -0.313 e. The molecule has 1 N–H and O–H groups in total. The fourth-order valence-corrected chi connectivity index (χ4v) is 2.36. The lowest BCUT2D eigenvalue weighted by molar-refractivity contribution is 0.675. The van der Waals surface area contributed by atoms with Crippen molar-refractivity contribution < 1.29 is 0 Å². The van der Waals surface area contributed by atoms with Gasteiger partial charge in [0.15, 0.2) is 0 Å². The number of hydrogen-bond donors (Lipinski definition) is 1. The summed E-state index contributed by atoms with van der Waals surface area (Å²) in [5.74, 6) is 1.01. The first kappa shape index (κ1) is 15.3. The van der Waals surface area contributed by atoms with Crippen LogP contribution in [0.5, 0.6) is 0 Å². The van der Waals surface area contributed by atoms with Crippen LogP contribution in [0, 0.1) is 11.3 Å². The van der Waals surface area contributed by atoms with Crippen LogP contribution in [0.3, 0.4) is 0 Å². The maximum absolute atomic E-state index is 9.43. The zero-order valence-electron chi connectivity index (χ0n) is 12.8.